The summed E-state index contributed by atoms with van der Waals surface area (Å²) >= 11 is 1.85. The number of carbonyl (C=O) groups is 2. The second-order valence-corrected chi connectivity index (χ2v) is 10.2. The lowest BCUT2D eigenvalue weighted by Crippen LogP contribution is -2.27. The Bertz CT molecular complexity index is 927. The highest BCUT2D eigenvalue weighted by molar-refractivity contribution is 8.26. The summed E-state index contributed by atoms with van der Waals surface area (Å²) in [6, 6.07) is 6.79. The third kappa shape index (κ3) is 14.0. The quantitative estimate of drug-likeness (QED) is 0.177. The van der Waals surface area contributed by atoms with Crippen molar-refractivity contribution in [3.05, 3.63) is 29.8 Å². The van der Waals surface area contributed by atoms with Crippen molar-refractivity contribution in [3.8, 4) is 0 Å². The lowest BCUT2D eigenvalue weighted by atomic mass is 10.1. The van der Waals surface area contributed by atoms with E-state index in [1.165, 1.54) is 0 Å². The molecule has 0 radical (unpaired) electrons. The second-order valence-electron chi connectivity index (χ2n) is 7.97. The van der Waals surface area contributed by atoms with Crippen molar-refractivity contribution in [2.24, 2.45) is 16.5 Å². The maximum atomic E-state index is 12.2. The fourth-order valence-corrected chi connectivity index (χ4v) is 3.63. The first-order valence-corrected chi connectivity index (χ1v) is 11.8. The molecule has 0 atom stereocenters. The van der Waals surface area contributed by atoms with Crippen LogP contribution in [-0.2, 0) is 16.0 Å². The fourth-order valence-electron chi connectivity index (χ4n) is 2.47. The highest BCUT2D eigenvalue weighted by atomic mass is 32.2. The predicted molar refractivity (Wildman–Crippen MR) is 138 cm³/mol. The molecule has 0 bridgehead atoms. The van der Waals surface area contributed by atoms with E-state index in [1.54, 1.807) is 45.0 Å². The van der Waals surface area contributed by atoms with Crippen molar-refractivity contribution in [1.82, 2.24) is 0 Å². The summed E-state index contributed by atoms with van der Waals surface area (Å²) in [7, 11) is 0. The number of thioether (sulfide) groups is 2. The minimum atomic E-state index is -0.618. The number of hydrogen-bond donors (Lipinski definition) is 6. The molecule has 0 fully saturated rings. The molecular formula is C21H31N7O3S2. The topological polar surface area (TPSA) is 191 Å². The van der Waals surface area contributed by atoms with Gasteiger partial charge in [-0.1, -0.05) is 12.1 Å². The largest absolute Gasteiger partial charge is 0.444 e. The molecule has 0 aromatic heterocycles. The number of hydrogen-bond acceptors (Lipinski definition) is 8. The summed E-state index contributed by atoms with van der Waals surface area (Å²) in [5, 5.41) is 25.8. The molecule has 0 saturated carbocycles. The molecule has 0 aliphatic carbocycles. The van der Waals surface area contributed by atoms with Gasteiger partial charge in [0.15, 0.2) is 10.3 Å². The van der Waals surface area contributed by atoms with Crippen LogP contribution in [0.4, 0.5) is 10.5 Å². The molecule has 2 amide bonds. The standard InChI is InChI=1S/C21H31N7O3S2/c1-21(2,3)31-20(30)27-14-8-6-7-13(11-14)12-17(29)28-19(26)33-16(23)10-5-4-9-15(22)32-18(24)25/h6-8,11,22-23H,4-5,9-10,12H2,1-3H3,(H3,24,25)(H,27,30)(H2,26,28,29). The maximum Gasteiger partial charge on any atom is 0.412 e. The number of carbonyl (C=O) groups excluding carboxylic acids is 2. The van der Waals surface area contributed by atoms with E-state index in [9.17, 15) is 9.59 Å². The molecule has 10 nitrogen and oxygen atoms in total. The number of rotatable bonds is 8. The van der Waals surface area contributed by atoms with Gasteiger partial charge in [0.05, 0.1) is 16.5 Å². The number of nitrogens with two attached hydrogens (primary N) is 2. The normalized spacial score (nSPS) is 11.5. The van der Waals surface area contributed by atoms with Crippen molar-refractivity contribution in [3.63, 3.8) is 0 Å². The third-order valence-electron chi connectivity index (χ3n) is 3.68. The van der Waals surface area contributed by atoms with Gasteiger partial charge in [0, 0.05) is 5.69 Å². The van der Waals surface area contributed by atoms with Crippen LogP contribution in [0.2, 0.25) is 0 Å². The Labute approximate surface area is 202 Å². The van der Waals surface area contributed by atoms with Crippen LogP contribution < -0.4 is 16.8 Å². The Balaban J connectivity index is 2.47. The molecule has 0 aliphatic rings. The van der Waals surface area contributed by atoms with E-state index in [-0.39, 0.29) is 21.8 Å². The second kappa shape index (κ2) is 13.6. The summed E-state index contributed by atoms with van der Waals surface area (Å²) in [5.74, 6) is -0.461. The van der Waals surface area contributed by atoms with Gasteiger partial charge in [0.25, 0.3) is 5.91 Å². The third-order valence-corrected chi connectivity index (χ3v) is 5.10. The van der Waals surface area contributed by atoms with Crippen molar-refractivity contribution < 1.29 is 14.3 Å². The fraction of sp³-hybridized carbons (Fsp3) is 0.429. The van der Waals surface area contributed by atoms with E-state index in [2.05, 4.69) is 10.3 Å². The SMILES string of the molecule is CC(C)(C)OC(=O)Nc1cccc(CC(=O)N=C(N)SC(=N)CCCCC(=N)SC(=N)N)c1. The van der Waals surface area contributed by atoms with E-state index in [0.29, 0.717) is 42.0 Å². The number of benzene rings is 1. The molecule has 0 aliphatic heterocycles. The van der Waals surface area contributed by atoms with Gasteiger partial charge in [-0.05, 0) is 87.7 Å². The lowest BCUT2D eigenvalue weighted by molar-refractivity contribution is -0.117. The van der Waals surface area contributed by atoms with E-state index in [0.717, 1.165) is 23.5 Å². The van der Waals surface area contributed by atoms with Crippen LogP contribution in [0.5, 0.6) is 0 Å². The summed E-state index contributed by atoms with van der Waals surface area (Å²) in [5.41, 5.74) is 11.5. The summed E-state index contributed by atoms with van der Waals surface area (Å²) in [6.45, 7) is 5.30. The molecule has 0 heterocycles. The van der Waals surface area contributed by atoms with E-state index in [1.807, 2.05) is 0 Å². The van der Waals surface area contributed by atoms with Crippen molar-refractivity contribution in [1.29, 1.82) is 16.2 Å². The zero-order valence-corrected chi connectivity index (χ0v) is 20.6. The van der Waals surface area contributed by atoms with Crippen LogP contribution >= 0.6 is 23.5 Å². The first-order chi connectivity index (χ1) is 15.3. The van der Waals surface area contributed by atoms with Crippen LogP contribution in [0.25, 0.3) is 0 Å². The molecule has 8 N–H and O–H groups in total. The summed E-state index contributed by atoms with van der Waals surface area (Å²) in [6.07, 6.45) is 1.71. The zero-order valence-electron chi connectivity index (χ0n) is 19.0. The van der Waals surface area contributed by atoms with Gasteiger partial charge < -0.3 is 16.2 Å². The van der Waals surface area contributed by atoms with E-state index >= 15 is 0 Å². The molecule has 1 rings (SSSR count). The van der Waals surface area contributed by atoms with Gasteiger partial charge >= 0.3 is 6.09 Å². The number of amides is 2. The van der Waals surface area contributed by atoms with Crippen molar-refractivity contribution in [2.75, 3.05) is 5.32 Å². The highest BCUT2D eigenvalue weighted by Crippen LogP contribution is 2.16. The van der Waals surface area contributed by atoms with Gasteiger partial charge in [-0.15, -0.1) is 0 Å². The minimum absolute atomic E-state index is 0.00560. The molecule has 0 saturated heterocycles. The van der Waals surface area contributed by atoms with Crippen LogP contribution in [0.3, 0.4) is 0 Å². The number of ether oxygens (including phenoxy) is 1. The molecule has 12 heteroatoms. The Morgan fingerprint density at radius 3 is 2.24 bits per heavy atom. The van der Waals surface area contributed by atoms with Crippen molar-refractivity contribution in [2.45, 2.75) is 58.5 Å². The molecule has 180 valence electrons. The lowest BCUT2D eigenvalue weighted by Gasteiger charge is -2.19. The molecular weight excluding hydrogens is 462 g/mol. The molecule has 33 heavy (non-hydrogen) atoms. The Hall–Kier alpha value is -2.86. The maximum absolute atomic E-state index is 12.2. The van der Waals surface area contributed by atoms with E-state index in [4.69, 9.17) is 32.4 Å². The molecule has 0 spiro atoms. The van der Waals surface area contributed by atoms with Gasteiger partial charge in [-0.25, -0.2) is 4.79 Å². The van der Waals surface area contributed by atoms with Crippen LogP contribution in [-0.4, -0.2) is 38.0 Å². The average molecular weight is 494 g/mol. The van der Waals surface area contributed by atoms with Gasteiger partial charge in [-0.2, -0.15) is 4.99 Å². The molecule has 1 aromatic carbocycles. The van der Waals surface area contributed by atoms with Crippen molar-refractivity contribution >= 4 is 61.6 Å². The predicted octanol–water partition coefficient (Wildman–Crippen LogP) is 4.29. The summed E-state index contributed by atoms with van der Waals surface area (Å²) in [4.78, 5) is 28.0. The number of nitrogens with zero attached hydrogens (tertiary/aromatic N) is 1. The first-order valence-electron chi connectivity index (χ1n) is 10.1. The van der Waals surface area contributed by atoms with Gasteiger partial charge in [0.2, 0.25) is 0 Å². The number of nitrogens with one attached hydrogen (secondary N) is 4. The smallest absolute Gasteiger partial charge is 0.412 e. The number of amidine groups is 2. The molecule has 0 unspecified atom stereocenters. The Morgan fingerprint density at radius 2 is 1.67 bits per heavy atom. The van der Waals surface area contributed by atoms with Crippen LogP contribution in [0.15, 0.2) is 29.3 Å². The van der Waals surface area contributed by atoms with Gasteiger partial charge in [0.1, 0.15) is 5.60 Å². The number of unbranched alkanes of at least 4 members (excludes halogenated alkanes) is 1. The van der Waals surface area contributed by atoms with E-state index < -0.39 is 17.6 Å². The van der Waals surface area contributed by atoms with Gasteiger partial charge in [-0.3, -0.25) is 26.3 Å². The number of aliphatic imine (C=N–C) groups is 1. The first kappa shape index (κ1) is 28.2. The average Bonchev–Trinajstić information content (AvgIpc) is 2.63. The van der Waals surface area contributed by atoms with Crippen LogP contribution in [0.1, 0.15) is 52.0 Å². The zero-order chi connectivity index (χ0) is 25.0. The monoisotopic (exact) mass is 493 g/mol. The minimum Gasteiger partial charge on any atom is -0.444 e. The highest BCUT2D eigenvalue weighted by Gasteiger charge is 2.16. The summed E-state index contributed by atoms with van der Waals surface area (Å²) < 4.78 is 5.21. The molecule has 1 aromatic rings. The number of anilines is 1. The Morgan fingerprint density at radius 1 is 1.06 bits per heavy atom. The van der Waals surface area contributed by atoms with Crippen LogP contribution in [0, 0.1) is 16.2 Å². The Kier molecular flexibility index (Phi) is 11.6.